The molecule has 3 nitrogen and oxygen atoms in total. The summed E-state index contributed by atoms with van der Waals surface area (Å²) >= 11 is 0. The molecular formula is C24H32N2O. The predicted molar refractivity (Wildman–Crippen MR) is 108 cm³/mol. The molecule has 1 N–H and O–H groups in total. The largest absolute Gasteiger partial charge is 0.393 e. The third kappa shape index (κ3) is 2.43. The molecule has 1 aromatic heterocycles. The van der Waals surface area contributed by atoms with E-state index in [1.165, 1.54) is 24.8 Å². The zero-order chi connectivity index (χ0) is 18.8. The van der Waals surface area contributed by atoms with Gasteiger partial charge >= 0.3 is 0 Å². The van der Waals surface area contributed by atoms with Gasteiger partial charge in [-0.2, -0.15) is 0 Å². The van der Waals surface area contributed by atoms with Crippen LogP contribution < -0.4 is 0 Å². The Bertz CT molecular complexity index is 800. The van der Waals surface area contributed by atoms with Gasteiger partial charge in [0.05, 0.1) is 18.0 Å². The highest BCUT2D eigenvalue weighted by Crippen LogP contribution is 2.67. The Kier molecular flexibility index (Phi) is 3.92. The zero-order valence-electron chi connectivity index (χ0n) is 16.9. The first-order valence-electron chi connectivity index (χ1n) is 10.8. The molecule has 144 valence electrons. The van der Waals surface area contributed by atoms with Gasteiger partial charge < -0.3 is 5.11 Å². The highest BCUT2D eigenvalue weighted by atomic mass is 16.3. The van der Waals surface area contributed by atoms with Crippen LogP contribution >= 0.6 is 0 Å². The maximum Gasteiger partial charge on any atom is 0.0847 e. The van der Waals surface area contributed by atoms with Gasteiger partial charge in [0.15, 0.2) is 0 Å². The number of nitrogens with zero attached hydrogens (tertiary/aromatic N) is 2. The molecule has 0 spiro atoms. The summed E-state index contributed by atoms with van der Waals surface area (Å²) in [6.07, 6.45) is 17.2. The second kappa shape index (κ2) is 6.01. The lowest BCUT2D eigenvalue weighted by molar-refractivity contribution is -0.0426. The third-order valence-corrected chi connectivity index (χ3v) is 8.83. The van der Waals surface area contributed by atoms with Crippen molar-refractivity contribution in [3.8, 4) is 0 Å². The highest BCUT2D eigenvalue weighted by Gasteiger charge is 2.58. The van der Waals surface area contributed by atoms with E-state index in [0.717, 1.165) is 36.8 Å². The molecule has 4 aliphatic carbocycles. The summed E-state index contributed by atoms with van der Waals surface area (Å²) in [6.45, 7) is 7.42. The van der Waals surface area contributed by atoms with Crippen LogP contribution in [0.15, 0.2) is 36.3 Å². The van der Waals surface area contributed by atoms with Crippen molar-refractivity contribution < 1.29 is 5.11 Å². The molecule has 1 heterocycles. The maximum absolute atomic E-state index is 10.2. The number of fused-ring (bicyclic) bond motifs is 5. The fourth-order valence-electron chi connectivity index (χ4n) is 7.41. The van der Waals surface area contributed by atoms with Gasteiger partial charge in [-0.25, -0.2) is 0 Å². The lowest BCUT2D eigenvalue weighted by atomic mass is 9.45. The van der Waals surface area contributed by atoms with Crippen molar-refractivity contribution in [3.05, 3.63) is 42.0 Å². The lowest BCUT2D eigenvalue weighted by Crippen LogP contribution is -2.52. The van der Waals surface area contributed by atoms with Gasteiger partial charge in [0.1, 0.15) is 0 Å². The topological polar surface area (TPSA) is 46.0 Å². The fraction of sp³-hybridized carbons (Fsp3) is 0.667. The van der Waals surface area contributed by atoms with Crippen molar-refractivity contribution in [1.29, 1.82) is 0 Å². The van der Waals surface area contributed by atoms with Gasteiger partial charge in [0.25, 0.3) is 0 Å². The van der Waals surface area contributed by atoms with Crippen molar-refractivity contribution >= 4 is 5.57 Å². The Morgan fingerprint density at radius 2 is 1.89 bits per heavy atom. The van der Waals surface area contributed by atoms with Gasteiger partial charge in [-0.1, -0.05) is 38.5 Å². The van der Waals surface area contributed by atoms with Gasteiger partial charge in [-0.3, -0.25) is 9.97 Å². The molecule has 2 saturated carbocycles. The molecule has 5 rings (SSSR count). The fourth-order valence-corrected chi connectivity index (χ4v) is 7.41. The molecule has 0 aliphatic heterocycles. The molecule has 2 fully saturated rings. The van der Waals surface area contributed by atoms with E-state index in [4.69, 9.17) is 0 Å². The summed E-state index contributed by atoms with van der Waals surface area (Å²) in [6, 6.07) is 0. The van der Waals surface area contributed by atoms with Crippen molar-refractivity contribution in [2.24, 2.45) is 34.5 Å². The van der Waals surface area contributed by atoms with Gasteiger partial charge in [-0.05, 0) is 78.6 Å². The van der Waals surface area contributed by atoms with Crippen LogP contribution in [0.3, 0.4) is 0 Å². The van der Waals surface area contributed by atoms with E-state index in [9.17, 15) is 5.11 Å². The third-order valence-electron chi connectivity index (χ3n) is 8.83. The number of aromatic nitrogens is 2. The van der Waals surface area contributed by atoms with E-state index in [2.05, 4.69) is 42.9 Å². The Hall–Kier alpha value is -1.48. The first-order chi connectivity index (χ1) is 12.9. The maximum atomic E-state index is 10.2. The van der Waals surface area contributed by atoms with Crippen LogP contribution in [0.5, 0.6) is 0 Å². The van der Waals surface area contributed by atoms with E-state index < -0.39 is 0 Å². The summed E-state index contributed by atoms with van der Waals surface area (Å²) in [5, 5.41) is 10.2. The van der Waals surface area contributed by atoms with E-state index in [1.54, 1.807) is 11.8 Å². The number of hydrogen-bond acceptors (Lipinski definition) is 3. The minimum Gasteiger partial charge on any atom is -0.393 e. The normalized spacial score (nSPS) is 46.0. The molecule has 27 heavy (non-hydrogen) atoms. The first-order valence-corrected chi connectivity index (χ1v) is 10.8. The molecule has 0 bridgehead atoms. The Balaban J connectivity index is 1.52. The molecule has 0 aromatic carbocycles. The molecule has 0 radical (unpaired) electrons. The highest BCUT2D eigenvalue weighted by molar-refractivity contribution is 5.70. The number of aliphatic hydroxyl groups excluding tert-OH is 1. The smallest absolute Gasteiger partial charge is 0.0847 e. The Morgan fingerprint density at radius 3 is 2.67 bits per heavy atom. The number of allylic oxidation sites excluding steroid dienone is 3. The average Bonchev–Trinajstić information content (AvgIpc) is 3.01. The molecular weight excluding hydrogens is 332 g/mol. The van der Waals surface area contributed by atoms with Gasteiger partial charge in [0, 0.05) is 12.4 Å². The van der Waals surface area contributed by atoms with Crippen LogP contribution in [-0.2, 0) is 0 Å². The van der Waals surface area contributed by atoms with Crippen LogP contribution in [0.1, 0.15) is 65.0 Å². The van der Waals surface area contributed by atoms with Crippen molar-refractivity contribution in [1.82, 2.24) is 9.97 Å². The Morgan fingerprint density at radius 1 is 1.07 bits per heavy atom. The molecule has 0 unspecified atom stereocenters. The van der Waals surface area contributed by atoms with Crippen LogP contribution in [0.2, 0.25) is 0 Å². The van der Waals surface area contributed by atoms with E-state index in [0.29, 0.717) is 17.3 Å². The summed E-state index contributed by atoms with van der Waals surface area (Å²) < 4.78 is 0. The van der Waals surface area contributed by atoms with Crippen molar-refractivity contribution in [2.45, 2.75) is 65.4 Å². The Labute approximate surface area is 163 Å². The summed E-state index contributed by atoms with van der Waals surface area (Å²) in [4.78, 5) is 8.97. The van der Waals surface area contributed by atoms with Gasteiger partial charge in [-0.15, -0.1) is 0 Å². The minimum absolute atomic E-state index is 0.127. The van der Waals surface area contributed by atoms with E-state index in [1.807, 2.05) is 12.4 Å². The molecule has 0 saturated heterocycles. The van der Waals surface area contributed by atoms with Crippen molar-refractivity contribution in [3.63, 3.8) is 0 Å². The zero-order valence-corrected chi connectivity index (χ0v) is 16.9. The van der Waals surface area contributed by atoms with Crippen molar-refractivity contribution in [2.75, 3.05) is 0 Å². The van der Waals surface area contributed by atoms with Crippen LogP contribution in [-0.4, -0.2) is 21.2 Å². The van der Waals surface area contributed by atoms with Crippen LogP contribution in [0.4, 0.5) is 0 Å². The lowest BCUT2D eigenvalue weighted by Gasteiger charge is -2.59. The van der Waals surface area contributed by atoms with Gasteiger partial charge in [0.2, 0.25) is 0 Å². The first kappa shape index (κ1) is 17.6. The molecule has 7 atom stereocenters. The van der Waals surface area contributed by atoms with E-state index >= 15 is 0 Å². The predicted octanol–water partition coefficient (Wildman–Crippen LogP) is 5.04. The average molecular weight is 365 g/mol. The summed E-state index contributed by atoms with van der Waals surface area (Å²) in [5.41, 5.74) is 4.59. The SMILES string of the molecule is C[C@H]1C=C2C[C@@H](O)CC[C@]2(C)[C@H]2CC[C@]3(C)C(c4cnccn4)=CC[C@H]3[C@H]12. The quantitative estimate of drug-likeness (QED) is 0.710. The summed E-state index contributed by atoms with van der Waals surface area (Å²) in [5.74, 6) is 2.79. The number of rotatable bonds is 1. The number of aliphatic hydroxyl groups is 1. The molecule has 0 amide bonds. The molecule has 1 aromatic rings. The molecule has 4 aliphatic rings. The second-order valence-electron chi connectivity index (χ2n) is 10.1. The van der Waals surface area contributed by atoms with Crippen LogP contribution in [0.25, 0.3) is 5.57 Å². The summed E-state index contributed by atoms with van der Waals surface area (Å²) in [7, 11) is 0. The second-order valence-corrected chi connectivity index (χ2v) is 10.1. The molecule has 3 heteroatoms. The number of hydrogen-bond donors (Lipinski definition) is 1. The monoisotopic (exact) mass is 364 g/mol. The van der Waals surface area contributed by atoms with E-state index in [-0.39, 0.29) is 11.5 Å². The van der Waals surface area contributed by atoms with Crippen LogP contribution in [0, 0.1) is 34.5 Å². The minimum atomic E-state index is -0.127. The standard InChI is InChI=1S/C24H32N2O/c1-15-12-16-13-17(27)6-8-23(16,2)20-7-9-24(3)18(4-5-19(24)22(15)20)21-14-25-10-11-26-21/h4,10-12,14-15,17,19-20,22,27H,5-9,13H2,1-3H3/t15-,17-,19-,20-,22-,23-,24+/m0/s1.